The molecule has 8 heteroatoms. The lowest BCUT2D eigenvalue weighted by atomic mass is 9.77. The van der Waals surface area contributed by atoms with Crippen molar-refractivity contribution in [2.45, 2.75) is 57.3 Å². The van der Waals surface area contributed by atoms with Crippen LogP contribution in [-0.2, 0) is 22.3 Å². The van der Waals surface area contributed by atoms with Gasteiger partial charge in [-0.2, -0.15) is 0 Å². The molecule has 3 rings (SSSR count). The van der Waals surface area contributed by atoms with Crippen molar-refractivity contribution in [1.82, 2.24) is 4.72 Å². The Morgan fingerprint density at radius 2 is 1.77 bits per heavy atom. The Balaban J connectivity index is 1.72. The molecule has 0 amide bonds. The molecule has 0 aromatic heterocycles. The molecule has 0 saturated heterocycles. The zero-order chi connectivity index (χ0) is 21.8. The fourth-order valence-corrected chi connectivity index (χ4v) is 5.26. The molecular weight excluding hydrogens is 415 g/mol. The van der Waals surface area contributed by atoms with Crippen LogP contribution in [0.5, 0.6) is 5.75 Å². The predicted octanol–water partition coefficient (Wildman–Crippen LogP) is 4.98. The topological polar surface area (TPSA) is 55.4 Å². The second-order valence-corrected chi connectivity index (χ2v) is 9.56. The van der Waals surface area contributed by atoms with Gasteiger partial charge < -0.3 is 4.74 Å². The maximum atomic E-state index is 16.0. The molecule has 0 radical (unpaired) electrons. The molecule has 2 aromatic rings. The van der Waals surface area contributed by atoms with Crippen LogP contribution in [0.15, 0.2) is 42.5 Å². The Bertz CT molecular complexity index is 946. The molecule has 2 unspecified atom stereocenters. The van der Waals surface area contributed by atoms with Crippen molar-refractivity contribution in [3.8, 4) is 5.75 Å². The van der Waals surface area contributed by atoms with Gasteiger partial charge in [0.1, 0.15) is 24.0 Å². The second-order valence-electron chi connectivity index (χ2n) is 7.69. The predicted molar refractivity (Wildman–Crippen MR) is 109 cm³/mol. The lowest BCUT2D eigenvalue weighted by Crippen LogP contribution is -2.50. The molecule has 1 fully saturated rings. The molecule has 1 N–H and O–H groups in total. The Morgan fingerprint density at radius 3 is 2.40 bits per heavy atom. The van der Waals surface area contributed by atoms with Crippen molar-refractivity contribution in [1.29, 1.82) is 0 Å². The molecule has 1 aliphatic carbocycles. The zero-order valence-electron chi connectivity index (χ0n) is 16.8. The molecular formula is C22H26F3NO3S. The molecule has 164 valence electrons. The summed E-state index contributed by atoms with van der Waals surface area (Å²) in [4.78, 5) is 0. The van der Waals surface area contributed by atoms with E-state index in [1.54, 1.807) is 31.2 Å². The first kappa shape index (κ1) is 22.6. The van der Waals surface area contributed by atoms with Gasteiger partial charge in [0, 0.05) is 6.07 Å². The monoisotopic (exact) mass is 441 g/mol. The minimum Gasteiger partial charge on any atom is -0.489 e. The van der Waals surface area contributed by atoms with Crippen molar-refractivity contribution in [3.63, 3.8) is 0 Å². The van der Waals surface area contributed by atoms with Crippen LogP contribution in [0, 0.1) is 11.6 Å². The molecule has 0 heterocycles. The summed E-state index contributed by atoms with van der Waals surface area (Å²) in [6, 6.07) is 8.66. The molecule has 0 aliphatic heterocycles. The van der Waals surface area contributed by atoms with E-state index in [2.05, 4.69) is 4.72 Å². The van der Waals surface area contributed by atoms with E-state index >= 15 is 4.39 Å². The smallest absolute Gasteiger partial charge is 0.211 e. The van der Waals surface area contributed by atoms with Gasteiger partial charge in [0.15, 0.2) is 5.67 Å². The van der Waals surface area contributed by atoms with Gasteiger partial charge in [-0.1, -0.05) is 25.5 Å². The second kappa shape index (κ2) is 9.39. The van der Waals surface area contributed by atoms with E-state index in [1.165, 1.54) is 12.1 Å². The highest BCUT2D eigenvalue weighted by atomic mass is 32.2. The Morgan fingerprint density at radius 1 is 1.10 bits per heavy atom. The largest absolute Gasteiger partial charge is 0.489 e. The summed E-state index contributed by atoms with van der Waals surface area (Å²) in [7, 11) is -3.54. The summed E-state index contributed by atoms with van der Waals surface area (Å²) in [5, 5.41) is 0. The molecule has 1 aliphatic rings. The molecule has 2 atom stereocenters. The van der Waals surface area contributed by atoms with E-state index in [0.29, 0.717) is 36.1 Å². The number of alkyl halides is 1. The Labute approximate surface area is 175 Å². The van der Waals surface area contributed by atoms with Crippen LogP contribution in [0.25, 0.3) is 0 Å². The average molecular weight is 442 g/mol. The van der Waals surface area contributed by atoms with Crippen molar-refractivity contribution in [3.05, 3.63) is 65.2 Å². The molecule has 0 spiro atoms. The number of halogens is 3. The highest BCUT2D eigenvalue weighted by Gasteiger charge is 2.44. The molecule has 1 saturated carbocycles. The molecule has 0 bridgehead atoms. The van der Waals surface area contributed by atoms with E-state index < -0.39 is 33.4 Å². The third-order valence-corrected chi connectivity index (χ3v) is 6.88. The van der Waals surface area contributed by atoms with Gasteiger partial charge in [0.25, 0.3) is 0 Å². The number of benzene rings is 2. The number of ether oxygens (including phenoxy) is 1. The Kier molecular flexibility index (Phi) is 7.08. The highest BCUT2D eigenvalue weighted by molar-refractivity contribution is 7.89. The summed E-state index contributed by atoms with van der Waals surface area (Å²) in [6.07, 6.45) is 2.56. The third kappa shape index (κ3) is 5.55. The van der Waals surface area contributed by atoms with Gasteiger partial charge in [-0.3, -0.25) is 0 Å². The summed E-state index contributed by atoms with van der Waals surface area (Å²) >= 11 is 0. The molecule has 4 nitrogen and oxygen atoms in total. The lowest BCUT2D eigenvalue weighted by Gasteiger charge is -2.38. The lowest BCUT2D eigenvalue weighted by molar-refractivity contribution is 0.0712. The number of nitrogens with one attached hydrogen (secondary N) is 1. The molecule has 30 heavy (non-hydrogen) atoms. The van der Waals surface area contributed by atoms with E-state index in [4.69, 9.17) is 4.74 Å². The van der Waals surface area contributed by atoms with E-state index in [1.807, 2.05) is 0 Å². The van der Waals surface area contributed by atoms with Crippen molar-refractivity contribution in [2.75, 3.05) is 5.75 Å². The summed E-state index contributed by atoms with van der Waals surface area (Å²) in [5.41, 5.74) is -1.07. The van der Waals surface area contributed by atoms with Crippen molar-refractivity contribution < 1.29 is 26.3 Å². The van der Waals surface area contributed by atoms with Gasteiger partial charge in [0.2, 0.25) is 10.0 Å². The first-order chi connectivity index (χ1) is 14.2. The van der Waals surface area contributed by atoms with Gasteiger partial charge >= 0.3 is 0 Å². The first-order valence-electron chi connectivity index (χ1n) is 10.1. The van der Waals surface area contributed by atoms with Crippen LogP contribution in [-0.4, -0.2) is 20.2 Å². The maximum absolute atomic E-state index is 16.0. The summed E-state index contributed by atoms with van der Waals surface area (Å²) < 4.78 is 75.0. The summed E-state index contributed by atoms with van der Waals surface area (Å²) in [5.74, 6) is -0.979. The normalized spacial score (nSPS) is 22.1. The minimum absolute atomic E-state index is 0.0335. The zero-order valence-corrected chi connectivity index (χ0v) is 17.7. The average Bonchev–Trinajstić information content (AvgIpc) is 2.68. The van der Waals surface area contributed by atoms with Crippen molar-refractivity contribution in [2.24, 2.45) is 0 Å². The fraction of sp³-hybridized carbons (Fsp3) is 0.455. The van der Waals surface area contributed by atoms with E-state index in [0.717, 1.165) is 12.5 Å². The third-order valence-electron chi connectivity index (χ3n) is 5.29. The number of hydrogen-bond acceptors (Lipinski definition) is 3. The highest BCUT2D eigenvalue weighted by Crippen LogP contribution is 2.41. The van der Waals surface area contributed by atoms with Crippen LogP contribution in [0.2, 0.25) is 0 Å². The number of hydrogen-bond donors (Lipinski definition) is 1. The summed E-state index contributed by atoms with van der Waals surface area (Å²) in [6.45, 7) is 1.73. The van der Waals surface area contributed by atoms with Gasteiger partial charge in [0.05, 0.1) is 11.8 Å². The van der Waals surface area contributed by atoms with Crippen molar-refractivity contribution >= 4 is 10.0 Å². The van der Waals surface area contributed by atoms with Crippen LogP contribution >= 0.6 is 0 Å². The standard InChI is InChI=1S/C22H26F3NO3S/c1-2-11-30(27,28)26-21-5-3-4-10-22(21,25)17-6-8-20(9-7-17)29-15-16-12-18(23)14-19(24)13-16/h6-9,12-14,21,26H,2-5,10-11,15H2,1H3. The number of rotatable bonds is 8. The van der Waals surface area contributed by atoms with Gasteiger partial charge in [-0.25, -0.2) is 26.3 Å². The Hall–Kier alpha value is -2.06. The van der Waals surface area contributed by atoms with Crippen LogP contribution in [0.4, 0.5) is 13.2 Å². The van der Waals surface area contributed by atoms with E-state index in [9.17, 15) is 17.2 Å². The quantitative estimate of drug-likeness (QED) is 0.629. The SMILES string of the molecule is CCCS(=O)(=O)NC1CCCCC1(F)c1ccc(OCc2cc(F)cc(F)c2)cc1. The first-order valence-corrected chi connectivity index (χ1v) is 11.7. The molecule has 2 aromatic carbocycles. The van der Waals surface area contributed by atoms with E-state index in [-0.39, 0.29) is 18.8 Å². The number of sulfonamides is 1. The van der Waals surface area contributed by atoms with Crippen LogP contribution < -0.4 is 9.46 Å². The maximum Gasteiger partial charge on any atom is 0.211 e. The van der Waals surface area contributed by atoms with Crippen LogP contribution in [0.1, 0.15) is 50.2 Å². The minimum atomic E-state index is -3.54. The van der Waals surface area contributed by atoms with Gasteiger partial charge in [-0.15, -0.1) is 0 Å². The van der Waals surface area contributed by atoms with Crippen LogP contribution in [0.3, 0.4) is 0 Å². The van der Waals surface area contributed by atoms with Gasteiger partial charge in [-0.05, 0) is 61.1 Å². The fourth-order valence-electron chi connectivity index (χ4n) is 3.87.